The number of β-amino-alcohol motifs (C(OH)–C–C–N with tert-alkyl or cyclic N) is 1. The SMILES string of the molecule is C#CCCNc1nc(Nc2ccc3c(c2)NC[C@@](C)(O)CO3)ncc1C(N)=O. The van der Waals surface area contributed by atoms with Gasteiger partial charge in [0.2, 0.25) is 5.95 Å². The van der Waals surface area contributed by atoms with Gasteiger partial charge in [-0.3, -0.25) is 4.79 Å². The number of amides is 1. The van der Waals surface area contributed by atoms with Crippen molar-refractivity contribution in [3.05, 3.63) is 30.0 Å². The minimum absolute atomic E-state index is 0.182. The number of ether oxygens (including phenoxy) is 1. The van der Waals surface area contributed by atoms with E-state index >= 15 is 0 Å². The molecule has 0 bridgehead atoms. The van der Waals surface area contributed by atoms with Gasteiger partial charge in [-0.1, -0.05) is 0 Å². The molecule has 0 aliphatic carbocycles. The van der Waals surface area contributed by atoms with Crippen LogP contribution in [0.5, 0.6) is 5.75 Å². The zero-order valence-corrected chi connectivity index (χ0v) is 15.5. The third kappa shape index (κ3) is 4.61. The van der Waals surface area contributed by atoms with Crippen LogP contribution in [0, 0.1) is 12.3 Å². The topological polar surface area (TPSA) is 134 Å². The third-order valence-corrected chi connectivity index (χ3v) is 4.05. The number of nitrogens with one attached hydrogen (secondary N) is 3. The summed E-state index contributed by atoms with van der Waals surface area (Å²) in [4.78, 5) is 20.0. The predicted octanol–water partition coefficient (Wildman–Crippen LogP) is 1.31. The van der Waals surface area contributed by atoms with Crippen LogP contribution in [0.15, 0.2) is 24.4 Å². The molecule has 1 aromatic carbocycles. The summed E-state index contributed by atoms with van der Waals surface area (Å²) in [5.74, 6) is 3.12. The second kappa shape index (κ2) is 8.02. The maximum Gasteiger partial charge on any atom is 0.254 e. The van der Waals surface area contributed by atoms with Gasteiger partial charge in [0.25, 0.3) is 5.91 Å². The van der Waals surface area contributed by atoms with Crippen LogP contribution in [0.3, 0.4) is 0 Å². The lowest BCUT2D eigenvalue weighted by Crippen LogP contribution is -2.37. The molecule has 0 radical (unpaired) electrons. The van der Waals surface area contributed by atoms with E-state index in [0.717, 1.165) is 5.69 Å². The van der Waals surface area contributed by atoms with Gasteiger partial charge in [-0.15, -0.1) is 12.3 Å². The van der Waals surface area contributed by atoms with Gasteiger partial charge in [-0.25, -0.2) is 4.98 Å². The van der Waals surface area contributed by atoms with E-state index in [2.05, 4.69) is 31.8 Å². The van der Waals surface area contributed by atoms with E-state index in [1.165, 1.54) is 6.20 Å². The van der Waals surface area contributed by atoms with Crippen LogP contribution in [0.2, 0.25) is 0 Å². The van der Waals surface area contributed by atoms with Gasteiger partial charge < -0.3 is 31.5 Å². The molecule has 2 aromatic rings. The lowest BCUT2D eigenvalue weighted by Gasteiger charge is -2.19. The van der Waals surface area contributed by atoms with Crippen molar-refractivity contribution < 1.29 is 14.6 Å². The fourth-order valence-corrected chi connectivity index (χ4v) is 2.58. The molecule has 146 valence electrons. The molecule has 1 aromatic heterocycles. The Balaban J connectivity index is 1.80. The Hall–Kier alpha value is -3.51. The van der Waals surface area contributed by atoms with E-state index in [0.29, 0.717) is 36.8 Å². The molecule has 6 N–H and O–H groups in total. The van der Waals surface area contributed by atoms with Crippen molar-refractivity contribution in [3.8, 4) is 18.1 Å². The molecule has 1 aliphatic rings. The molecule has 0 unspecified atom stereocenters. The average Bonchev–Trinajstić information content (AvgIpc) is 2.80. The molecule has 1 aliphatic heterocycles. The molecular weight excluding hydrogens is 360 g/mol. The number of hydrogen-bond donors (Lipinski definition) is 5. The van der Waals surface area contributed by atoms with Gasteiger partial charge in [-0.05, 0) is 25.1 Å². The summed E-state index contributed by atoms with van der Waals surface area (Å²) in [6.45, 7) is 2.71. The molecule has 9 heteroatoms. The van der Waals surface area contributed by atoms with Crippen LogP contribution in [-0.4, -0.2) is 46.3 Å². The molecule has 0 saturated heterocycles. The predicted molar refractivity (Wildman–Crippen MR) is 107 cm³/mol. The van der Waals surface area contributed by atoms with Crippen LogP contribution in [0.25, 0.3) is 0 Å². The molecule has 1 amide bonds. The second-order valence-electron chi connectivity index (χ2n) is 6.68. The van der Waals surface area contributed by atoms with E-state index in [-0.39, 0.29) is 18.1 Å². The summed E-state index contributed by atoms with van der Waals surface area (Å²) >= 11 is 0. The smallest absolute Gasteiger partial charge is 0.254 e. The summed E-state index contributed by atoms with van der Waals surface area (Å²) in [5.41, 5.74) is 6.04. The highest BCUT2D eigenvalue weighted by Crippen LogP contribution is 2.32. The number of aromatic nitrogens is 2. The van der Waals surface area contributed by atoms with Crippen LogP contribution in [0.1, 0.15) is 23.7 Å². The minimum Gasteiger partial charge on any atom is -0.488 e. The highest BCUT2D eigenvalue weighted by molar-refractivity contribution is 5.97. The number of hydrogen-bond acceptors (Lipinski definition) is 8. The molecule has 1 atom stereocenters. The normalized spacial score (nSPS) is 17.9. The molecule has 2 heterocycles. The molecule has 0 saturated carbocycles. The number of fused-ring (bicyclic) bond motifs is 1. The van der Waals surface area contributed by atoms with Crippen molar-refractivity contribution in [2.75, 3.05) is 35.6 Å². The van der Waals surface area contributed by atoms with Crippen molar-refractivity contribution >= 4 is 29.0 Å². The number of nitrogens with two attached hydrogens (primary N) is 1. The van der Waals surface area contributed by atoms with Gasteiger partial charge in [0.1, 0.15) is 23.8 Å². The molecule has 3 rings (SSSR count). The van der Waals surface area contributed by atoms with E-state index in [4.69, 9.17) is 16.9 Å². The molecule has 0 spiro atoms. The van der Waals surface area contributed by atoms with E-state index in [1.807, 2.05) is 6.07 Å². The van der Waals surface area contributed by atoms with Crippen molar-refractivity contribution in [2.24, 2.45) is 5.73 Å². The number of nitrogens with zero attached hydrogens (tertiary/aromatic N) is 2. The van der Waals surface area contributed by atoms with Crippen molar-refractivity contribution in [1.82, 2.24) is 9.97 Å². The number of aliphatic hydroxyl groups is 1. The number of benzene rings is 1. The number of carbonyl (C=O) groups excluding carboxylic acids is 1. The summed E-state index contributed by atoms with van der Waals surface area (Å²) < 4.78 is 5.64. The van der Waals surface area contributed by atoms with Crippen molar-refractivity contribution in [2.45, 2.75) is 18.9 Å². The first kappa shape index (κ1) is 19.3. The molecule has 9 nitrogen and oxygen atoms in total. The Morgan fingerprint density at radius 3 is 3.11 bits per heavy atom. The zero-order valence-electron chi connectivity index (χ0n) is 15.5. The standard InChI is InChI=1S/C19H22N6O3/c1-3-4-7-21-17-13(16(20)26)9-22-18(25-17)24-12-5-6-15-14(8-12)23-10-19(2,27)11-28-15/h1,5-6,8-9,23,27H,4,7,10-11H2,2H3,(H2,20,26)(H2,21,22,24,25)/t19-/m1/s1. The molecular formula is C19H22N6O3. The van der Waals surface area contributed by atoms with Crippen LogP contribution < -0.4 is 26.4 Å². The largest absolute Gasteiger partial charge is 0.488 e. The lowest BCUT2D eigenvalue weighted by molar-refractivity contribution is 0.0271. The molecule has 28 heavy (non-hydrogen) atoms. The zero-order chi connectivity index (χ0) is 20.1. The van der Waals surface area contributed by atoms with E-state index in [9.17, 15) is 9.90 Å². The average molecular weight is 382 g/mol. The van der Waals surface area contributed by atoms with Gasteiger partial charge in [0, 0.05) is 31.4 Å². The monoisotopic (exact) mass is 382 g/mol. The fraction of sp³-hybridized carbons (Fsp3) is 0.316. The van der Waals surface area contributed by atoms with Crippen LogP contribution >= 0.6 is 0 Å². The van der Waals surface area contributed by atoms with E-state index in [1.54, 1.807) is 19.1 Å². The first-order valence-electron chi connectivity index (χ1n) is 8.72. The first-order valence-corrected chi connectivity index (χ1v) is 8.72. The van der Waals surface area contributed by atoms with Crippen molar-refractivity contribution in [3.63, 3.8) is 0 Å². The number of rotatable bonds is 6. The minimum atomic E-state index is -0.959. The van der Waals surface area contributed by atoms with E-state index < -0.39 is 11.5 Å². The number of anilines is 4. The van der Waals surface area contributed by atoms with Gasteiger partial charge in [-0.2, -0.15) is 4.98 Å². The Morgan fingerprint density at radius 1 is 1.54 bits per heavy atom. The Kier molecular flexibility index (Phi) is 5.52. The lowest BCUT2D eigenvalue weighted by atomic mass is 10.1. The third-order valence-electron chi connectivity index (χ3n) is 4.05. The number of primary amides is 1. The van der Waals surface area contributed by atoms with Crippen LogP contribution in [-0.2, 0) is 0 Å². The first-order chi connectivity index (χ1) is 13.4. The second-order valence-corrected chi connectivity index (χ2v) is 6.68. The highest BCUT2D eigenvalue weighted by atomic mass is 16.5. The van der Waals surface area contributed by atoms with Gasteiger partial charge >= 0.3 is 0 Å². The highest BCUT2D eigenvalue weighted by Gasteiger charge is 2.25. The Labute approximate surface area is 162 Å². The van der Waals surface area contributed by atoms with Crippen molar-refractivity contribution in [1.29, 1.82) is 0 Å². The summed E-state index contributed by atoms with van der Waals surface area (Å²) in [7, 11) is 0. The molecule has 0 fully saturated rings. The quantitative estimate of drug-likeness (QED) is 0.373. The summed E-state index contributed by atoms with van der Waals surface area (Å²) in [6.07, 6.45) is 7.08. The van der Waals surface area contributed by atoms with Crippen LogP contribution in [0.4, 0.5) is 23.1 Å². The van der Waals surface area contributed by atoms with Gasteiger partial charge in [0.05, 0.1) is 11.3 Å². The summed E-state index contributed by atoms with van der Waals surface area (Å²) in [6, 6.07) is 5.42. The Morgan fingerprint density at radius 2 is 2.36 bits per heavy atom. The maximum atomic E-state index is 11.6. The maximum absolute atomic E-state index is 11.6. The fourth-order valence-electron chi connectivity index (χ4n) is 2.58. The Bertz CT molecular complexity index is 922. The summed E-state index contributed by atoms with van der Waals surface area (Å²) in [5, 5.41) is 19.4. The number of carbonyl (C=O) groups is 1. The number of terminal acetylenes is 1. The van der Waals surface area contributed by atoms with Gasteiger partial charge in [0.15, 0.2) is 0 Å².